The first kappa shape index (κ1) is 32.7. The summed E-state index contributed by atoms with van der Waals surface area (Å²) in [6.45, 7) is 12.4. The highest BCUT2D eigenvalue weighted by molar-refractivity contribution is 9.09. The van der Waals surface area contributed by atoms with Gasteiger partial charge in [-0.2, -0.15) is 0 Å². The van der Waals surface area contributed by atoms with Gasteiger partial charge in [-0.3, -0.25) is 9.59 Å². The van der Waals surface area contributed by atoms with Gasteiger partial charge in [0.05, 0.1) is 50.9 Å². The molecule has 0 bridgehead atoms. The number of methoxy groups -OCH3 is 4. The van der Waals surface area contributed by atoms with Gasteiger partial charge in [-0.05, 0) is 49.2 Å². The van der Waals surface area contributed by atoms with E-state index in [0.29, 0.717) is 75.1 Å². The summed E-state index contributed by atoms with van der Waals surface area (Å²) in [5.74, 6) is 0.257. The van der Waals surface area contributed by atoms with Crippen molar-refractivity contribution in [1.29, 1.82) is 0 Å². The number of nitrogens with one attached hydrogen (secondary N) is 2. The van der Waals surface area contributed by atoms with Gasteiger partial charge < -0.3 is 38.6 Å². The number of aromatic amines is 1. The molecule has 0 fully saturated rings. The number of halogens is 1. The van der Waals surface area contributed by atoms with Gasteiger partial charge in [0.1, 0.15) is 11.4 Å². The quantitative estimate of drug-likeness (QED) is 0.130. The molecule has 0 radical (unpaired) electrons. The topological polar surface area (TPSA) is 128 Å². The summed E-state index contributed by atoms with van der Waals surface area (Å²) < 4.78 is 28.5. The number of fused-ring (bicyclic) bond motifs is 4. The van der Waals surface area contributed by atoms with E-state index in [1.54, 1.807) is 17.0 Å². The van der Waals surface area contributed by atoms with Crippen LogP contribution in [-0.4, -0.2) is 76.3 Å². The summed E-state index contributed by atoms with van der Waals surface area (Å²) in [6, 6.07) is 5.34. The molecule has 2 aliphatic heterocycles. The van der Waals surface area contributed by atoms with Crippen LogP contribution in [0.5, 0.6) is 23.0 Å². The summed E-state index contributed by atoms with van der Waals surface area (Å²) in [5.41, 5.74) is 1.23. The van der Waals surface area contributed by atoms with Crippen LogP contribution in [0.15, 0.2) is 18.2 Å². The number of anilines is 2. The average Bonchev–Trinajstić information content (AvgIpc) is 3.53. The second-order valence-corrected chi connectivity index (χ2v) is 19.1. The fourth-order valence-electron chi connectivity index (χ4n) is 5.70. The zero-order valence-electron chi connectivity index (χ0n) is 27.3. The molecule has 0 unspecified atom stereocenters. The van der Waals surface area contributed by atoms with Crippen LogP contribution >= 0.6 is 15.9 Å². The Balaban J connectivity index is 1.70. The normalized spacial score (nSPS) is 19.5. The molecule has 2 N–H and O–H groups in total. The van der Waals surface area contributed by atoms with Crippen molar-refractivity contribution in [3.8, 4) is 23.0 Å². The molecule has 2 atom stereocenters. The fraction of sp³-hybridized carbons (Fsp3) is 0.469. The van der Waals surface area contributed by atoms with E-state index in [0.717, 1.165) is 0 Å². The molecule has 1 aromatic heterocycles. The molecule has 0 saturated carbocycles. The van der Waals surface area contributed by atoms with Crippen molar-refractivity contribution in [2.24, 2.45) is 0 Å². The standard InChI is InChI=1S/C32H40BrN3O8Si/c1-31(2,3)45(9,10)44-21-14-20-18(23-25(21)35-32(4,28(23)37)30(39)43-8)13-17(33)15-36(20)29(38)19-11-16-12-22(40-5)26(41-6)27(42-7)24(16)34-19/h11-12,14,17,34-35H,13,15H2,1-10H3/t17-,32+/m0/s1. The van der Waals surface area contributed by atoms with E-state index >= 15 is 0 Å². The predicted molar refractivity (Wildman–Crippen MR) is 179 cm³/mol. The number of ether oxygens (including phenoxy) is 4. The number of hydrogen-bond acceptors (Lipinski definition) is 9. The number of hydrogen-bond donors (Lipinski definition) is 2. The molecule has 5 rings (SSSR count). The average molecular weight is 703 g/mol. The Morgan fingerprint density at radius 3 is 2.27 bits per heavy atom. The highest BCUT2D eigenvalue weighted by atomic mass is 79.9. The minimum absolute atomic E-state index is 0.161. The van der Waals surface area contributed by atoms with Crippen molar-refractivity contribution >= 4 is 64.2 Å². The maximum absolute atomic E-state index is 14.4. The zero-order chi connectivity index (χ0) is 33.2. The van der Waals surface area contributed by atoms with E-state index in [1.165, 1.54) is 35.4 Å². The Morgan fingerprint density at radius 1 is 1.02 bits per heavy atom. The van der Waals surface area contributed by atoms with Gasteiger partial charge in [-0.15, -0.1) is 0 Å². The lowest BCUT2D eigenvalue weighted by Crippen LogP contribution is -2.47. The number of benzene rings is 2. The van der Waals surface area contributed by atoms with Gasteiger partial charge in [0, 0.05) is 22.8 Å². The molecular formula is C32H40BrN3O8Si. The Hall–Kier alpha value is -3.71. The number of aromatic nitrogens is 1. The van der Waals surface area contributed by atoms with Crippen LogP contribution in [0.2, 0.25) is 18.1 Å². The van der Waals surface area contributed by atoms with E-state index in [4.69, 9.17) is 23.4 Å². The van der Waals surface area contributed by atoms with Crippen LogP contribution in [0.1, 0.15) is 54.1 Å². The lowest BCUT2D eigenvalue weighted by molar-refractivity contribution is -0.143. The molecule has 13 heteroatoms. The maximum atomic E-state index is 14.4. The number of nitrogens with zero attached hydrogens (tertiary/aromatic N) is 1. The lowest BCUT2D eigenvalue weighted by atomic mass is 9.89. The first-order valence-electron chi connectivity index (χ1n) is 14.6. The Morgan fingerprint density at radius 2 is 1.69 bits per heavy atom. The summed E-state index contributed by atoms with van der Waals surface area (Å²) in [5, 5.41) is 3.70. The van der Waals surface area contributed by atoms with E-state index in [9.17, 15) is 14.4 Å². The van der Waals surface area contributed by atoms with E-state index in [2.05, 4.69) is 60.1 Å². The van der Waals surface area contributed by atoms with Crippen molar-refractivity contribution in [3.05, 3.63) is 35.0 Å². The Labute approximate surface area is 272 Å². The monoisotopic (exact) mass is 701 g/mol. The molecule has 3 aromatic rings. The molecule has 2 aliphatic rings. The van der Waals surface area contributed by atoms with E-state index < -0.39 is 25.6 Å². The molecule has 242 valence electrons. The molecule has 0 aliphatic carbocycles. The number of H-pyrrole nitrogens is 1. The van der Waals surface area contributed by atoms with Crippen molar-refractivity contribution in [2.75, 3.05) is 45.2 Å². The van der Waals surface area contributed by atoms with Crippen molar-refractivity contribution in [2.45, 2.75) is 62.6 Å². The first-order chi connectivity index (χ1) is 21.0. The van der Waals surface area contributed by atoms with Gasteiger partial charge in [0.2, 0.25) is 11.5 Å². The number of amides is 1. The fourth-order valence-corrected chi connectivity index (χ4v) is 7.33. The minimum Gasteiger partial charge on any atom is -0.542 e. The second kappa shape index (κ2) is 11.3. The highest BCUT2D eigenvalue weighted by Crippen LogP contribution is 2.50. The van der Waals surface area contributed by atoms with Gasteiger partial charge in [-0.1, -0.05) is 36.7 Å². The third-order valence-corrected chi connectivity index (χ3v) is 14.1. The molecule has 0 spiro atoms. The molecule has 3 heterocycles. The maximum Gasteiger partial charge on any atom is 0.339 e. The number of rotatable bonds is 7. The van der Waals surface area contributed by atoms with Crippen molar-refractivity contribution in [1.82, 2.24) is 4.98 Å². The summed E-state index contributed by atoms with van der Waals surface area (Å²) in [7, 11) is 3.39. The predicted octanol–water partition coefficient (Wildman–Crippen LogP) is 6.08. The van der Waals surface area contributed by atoms with E-state index in [1.807, 2.05) is 6.07 Å². The lowest BCUT2D eigenvalue weighted by Gasteiger charge is -2.38. The molecule has 1 amide bonds. The van der Waals surface area contributed by atoms with Crippen molar-refractivity contribution in [3.63, 3.8) is 0 Å². The van der Waals surface area contributed by atoms with Crippen molar-refractivity contribution < 1.29 is 37.8 Å². The third kappa shape index (κ3) is 5.13. The van der Waals surface area contributed by atoms with Crippen LogP contribution in [0, 0.1) is 0 Å². The SMILES string of the molecule is COC(=O)[C@]1(C)Nc2c(O[Si](C)(C)C(C)(C)C)cc3c(c2C1=O)C[C@H](Br)CN3C(=O)c1cc2cc(OC)c(OC)c(OC)c2[nH]1. The van der Waals surface area contributed by atoms with Gasteiger partial charge in [-0.25, -0.2) is 4.79 Å². The first-order valence-corrected chi connectivity index (χ1v) is 18.4. The smallest absolute Gasteiger partial charge is 0.339 e. The molecule has 0 saturated heterocycles. The van der Waals surface area contributed by atoms with Crippen LogP contribution < -0.4 is 28.9 Å². The number of ketones is 1. The van der Waals surface area contributed by atoms with Gasteiger partial charge in [0.25, 0.3) is 14.2 Å². The Kier molecular flexibility index (Phi) is 8.18. The number of Topliss-reactive ketones (excluding diaryl/α,β-unsaturated/α-hetero) is 1. The molecular weight excluding hydrogens is 662 g/mol. The minimum atomic E-state index is -2.44. The van der Waals surface area contributed by atoms with Crippen LogP contribution in [0.3, 0.4) is 0 Å². The van der Waals surface area contributed by atoms with Crippen LogP contribution in [0.4, 0.5) is 11.4 Å². The summed E-state index contributed by atoms with van der Waals surface area (Å²) in [4.78, 5) is 46.1. The zero-order valence-corrected chi connectivity index (χ0v) is 29.9. The second-order valence-electron chi connectivity index (χ2n) is 13.1. The number of carbonyl (C=O) groups is 3. The molecule has 45 heavy (non-hydrogen) atoms. The molecule has 2 aromatic carbocycles. The van der Waals surface area contributed by atoms with Crippen LogP contribution in [-0.2, 0) is 16.0 Å². The van der Waals surface area contributed by atoms with Gasteiger partial charge in [0.15, 0.2) is 17.0 Å². The summed E-state index contributed by atoms with van der Waals surface area (Å²) in [6.07, 6.45) is 0.460. The number of esters is 1. The number of alkyl halides is 1. The summed E-state index contributed by atoms with van der Waals surface area (Å²) >= 11 is 3.72. The van der Waals surface area contributed by atoms with Crippen LogP contribution in [0.25, 0.3) is 10.9 Å². The van der Waals surface area contributed by atoms with E-state index in [-0.39, 0.29) is 15.8 Å². The molecule has 11 nitrogen and oxygen atoms in total. The third-order valence-electron chi connectivity index (χ3n) is 9.19. The Bertz CT molecular complexity index is 1730. The van der Waals surface area contributed by atoms with Gasteiger partial charge >= 0.3 is 5.97 Å². The highest BCUT2D eigenvalue weighted by Gasteiger charge is 2.53. The largest absolute Gasteiger partial charge is 0.542 e. The number of carbonyl (C=O) groups excluding carboxylic acids is 3.